The van der Waals surface area contributed by atoms with Gasteiger partial charge in [-0.1, -0.05) is 6.07 Å². The Morgan fingerprint density at radius 3 is 3.06 bits per heavy atom. The lowest BCUT2D eigenvalue weighted by molar-refractivity contribution is 0.0741. The van der Waals surface area contributed by atoms with E-state index in [4.69, 9.17) is 0 Å². The van der Waals surface area contributed by atoms with E-state index in [1.165, 1.54) is 12.8 Å². The summed E-state index contributed by atoms with van der Waals surface area (Å²) in [6.45, 7) is 3.62. The molecule has 2 unspecified atom stereocenters. The second-order valence-corrected chi connectivity index (χ2v) is 5.35. The lowest BCUT2D eigenvalue weighted by Gasteiger charge is -2.24. The van der Waals surface area contributed by atoms with Crippen LogP contribution in [-0.2, 0) is 0 Å². The van der Waals surface area contributed by atoms with Gasteiger partial charge in [-0.05, 0) is 37.8 Å². The van der Waals surface area contributed by atoms with Crippen LogP contribution in [0.15, 0.2) is 18.3 Å². The fraction of sp³-hybridized carbons (Fsp3) is 0.571. The van der Waals surface area contributed by atoms with Gasteiger partial charge >= 0.3 is 0 Å². The number of aromatic nitrogens is 1. The molecule has 1 aromatic heterocycles. The maximum Gasteiger partial charge on any atom is 0.272 e. The third-order valence-electron chi connectivity index (χ3n) is 4.02. The molecule has 2 aliphatic heterocycles. The van der Waals surface area contributed by atoms with E-state index >= 15 is 0 Å². The number of aryl methyl sites for hydroxylation is 1. The standard InChI is InChI=1S/C14H19N3O/c1-10-3-2-7-15-13(10)14(18)17-8-6-11-4-5-12(9-17)16-11/h2-3,7,11-12,16H,4-6,8-9H2,1H3. The van der Waals surface area contributed by atoms with Crippen molar-refractivity contribution >= 4 is 5.91 Å². The highest BCUT2D eigenvalue weighted by molar-refractivity contribution is 5.93. The van der Waals surface area contributed by atoms with Gasteiger partial charge in [0.2, 0.25) is 0 Å². The molecule has 1 amide bonds. The van der Waals surface area contributed by atoms with Crippen LogP contribution in [0.1, 0.15) is 35.3 Å². The first-order valence-corrected chi connectivity index (χ1v) is 6.71. The van der Waals surface area contributed by atoms with Crippen LogP contribution >= 0.6 is 0 Å². The average molecular weight is 245 g/mol. The maximum atomic E-state index is 12.5. The van der Waals surface area contributed by atoms with E-state index < -0.39 is 0 Å². The van der Waals surface area contributed by atoms with Crippen LogP contribution in [0, 0.1) is 6.92 Å². The molecule has 96 valence electrons. The SMILES string of the molecule is Cc1cccnc1C(=O)N1CCC2CCC(C1)N2. The van der Waals surface area contributed by atoms with Gasteiger partial charge in [0, 0.05) is 31.4 Å². The van der Waals surface area contributed by atoms with Crippen LogP contribution in [0.25, 0.3) is 0 Å². The monoisotopic (exact) mass is 245 g/mol. The van der Waals surface area contributed by atoms with E-state index in [1.54, 1.807) is 6.20 Å². The number of carbonyl (C=O) groups excluding carboxylic acids is 1. The highest BCUT2D eigenvalue weighted by Crippen LogP contribution is 2.21. The quantitative estimate of drug-likeness (QED) is 0.812. The van der Waals surface area contributed by atoms with Gasteiger partial charge in [0.15, 0.2) is 0 Å². The van der Waals surface area contributed by atoms with Gasteiger partial charge in [0.25, 0.3) is 5.91 Å². The van der Waals surface area contributed by atoms with Crippen molar-refractivity contribution in [1.82, 2.24) is 15.2 Å². The van der Waals surface area contributed by atoms with Crippen LogP contribution in [0.5, 0.6) is 0 Å². The molecule has 0 radical (unpaired) electrons. The number of hydrogen-bond acceptors (Lipinski definition) is 3. The summed E-state index contributed by atoms with van der Waals surface area (Å²) in [5, 5.41) is 3.59. The maximum absolute atomic E-state index is 12.5. The first-order valence-electron chi connectivity index (χ1n) is 6.71. The molecule has 0 aromatic carbocycles. The van der Waals surface area contributed by atoms with E-state index in [2.05, 4.69) is 10.3 Å². The number of rotatable bonds is 1. The molecule has 2 fully saturated rings. The van der Waals surface area contributed by atoms with Gasteiger partial charge in [-0.3, -0.25) is 9.78 Å². The minimum Gasteiger partial charge on any atom is -0.336 e. The molecule has 2 atom stereocenters. The smallest absolute Gasteiger partial charge is 0.272 e. The summed E-state index contributed by atoms with van der Waals surface area (Å²) in [4.78, 5) is 18.7. The molecule has 1 aromatic rings. The molecule has 3 rings (SSSR count). The lowest BCUT2D eigenvalue weighted by Crippen LogP contribution is -2.39. The van der Waals surface area contributed by atoms with Crippen LogP contribution in [0.4, 0.5) is 0 Å². The summed E-state index contributed by atoms with van der Waals surface area (Å²) in [6, 6.07) is 4.91. The van der Waals surface area contributed by atoms with Gasteiger partial charge in [-0.15, -0.1) is 0 Å². The second-order valence-electron chi connectivity index (χ2n) is 5.35. The lowest BCUT2D eigenvalue weighted by atomic mass is 10.1. The minimum absolute atomic E-state index is 0.0856. The van der Waals surface area contributed by atoms with Crippen molar-refractivity contribution in [2.75, 3.05) is 13.1 Å². The van der Waals surface area contributed by atoms with Gasteiger partial charge in [-0.2, -0.15) is 0 Å². The Morgan fingerprint density at radius 1 is 1.39 bits per heavy atom. The topological polar surface area (TPSA) is 45.2 Å². The van der Waals surface area contributed by atoms with E-state index in [0.717, 1.165) is 25.1 Å². The van der Waals surface area contributed by atoms with Crippen LogP contribution < -0.4 is 5.32 Å². The Labute approximate surface area is 107 Å². The zero-order valence-electron chi connectivity index (χ0n) is 10.7. The second kappa shape index (κ2) is 4.69. The number of pyridine rings is 1. The zero-order valence-corrected chi connectivity index (χ0v) is 10.7. The fourth-order valence-corrected chi connectivity index (χ4v) is 2.99. The molecule has 4 nitrogen and oxygen atoms in total. The zero-order chi connectivity index (χ0) is 12.5. The van der Waals surface area contributed by atoms with Crippen molar-refractivity contribution in [1.29, 1.82) is 0 Å². The van der Waals surface area contributed by atoms with E-state index in [0.29, 0.717) is 17.8 Å². The fourth-order valence-electron chi connectivity index (χ4n) is 2.99. The Morgan fingerprint density at radius 2 is 2.22 bits per heavy atom. The highest BCUT2D eigenvalue weighted by Gasteiger charge is 2.31. The predicted molar refractivity (Wildman–Crippen MR) is 69.4 cm³/mol. The normalized spacial score (nSPS) is 27.1. The summed E-state index contributed by atoms with van der Waals surface area (Å²) in [5.41, 5.74) is 1.57. The largest absolute Gasteiger partial charge is 0.336 e. The number of carbonyl (C=O) groups is 1. The number of amides is 1. The summed E-state index contributed by atoms with van der Waals surface area (Å²) < 4.78 is 0. The van der Waals surface area contributed by atoms with Gasteiger partial charge in [-0.25, -0.2) is 0 Å². The number of hydrogen-bond donors (Lipinski definition) is 1. The van der Waals surface area contributed by atoms with Crippen molar-refractivity contribution in [2.24, 2.45) is 0 Å². The van der Waals surface area contributed by atoms with E-state index in [9.17, 15) is 4.79 Å². The molecule has 2 saturated heterocycles. The number of nitrogens with one attached hydrogen (secondary N) is 1. The Hall–Kier alpha value is -1.42. The van der Waals surface area contributed by atoms with Crippen molar-refractivity contribution < 1.29 is 4.79 Å². The summed E-state index contributed by atoms with van der Waals surface area (Å²) in [7, 11) is 0. The number of fused-ring (bicyclic) bond motifs is 2. The third kappa shape index (κ3) is 2.12. The highest BCUT2D eigenvalue weighted by atomic mass is 16.2. The van der Waals surface area contributed by atoms with Gasteiger partial charge < -0.3 is 10.2 Å². The summed E-state index contributed by atoms with van der Waals surface area (Å²) in [5.74, 6) is 0.0856. The van der Waals surface area contributed by atoms with Crippen molar-refractivity contribution in [3.63, 3.8) is 0 Å². The van der Waals surface area contributed by atoms with Crippen molar-refractivity contribution in [2.45, 2.75) is 38.3 Å². The Kier molecular flexibility index (Phi) is 3.04. The summed E-state index contributed by atoms with van der Waals surface area (Å²) in [6.07, 6.45) is 5.21. The Balaban J connectivity index is 1.78. The molecule has 18 heavy (non-hydrogen) atoms. The molecule has 3 heterocycles. The van der Waals surface area contributed by atoms with Gasteiger partial charge in [0.1, 0.15) is 5.69 Å². The van der Waals surface area contributed by atoms with E-state index in [1.807, 2.05) is 24.0 Å². The van der Waals surface area contributed by atoms with Crippen LogP contribution in [0.3, 0.4) is 0 Å². The molecule has 0 saturated carbocycles. The molecule has 2 aliphatic rings. The van der Waals surface area contributed by atoms with Crippen molar-refractivity contribution in [3.8, 4) is 0 Å². The molecular formula is C14H19N3O. The average Bonchev–Trinajstić information content (AvgIpc) is 2.69. The first-order chi connectivity index (χ1) is 8.74. The summed E-state index contributed by atoms with van der Waals surface area (Å²) >= 11 is 0. The molecule has 0 spiro atoms. The Bertz CT molecular complexity index is 460. The van der Waals surface area contributed by atoms with E-state index in [-0.39, 0.29) is 5.91 Å². The molecule has 4 heteroatoms. The first kappa shape index (κ1) is 11.7. The van der Waals surface area contributed by atoms with Gasteiger partial charge in [0.05, 0.1) is 0 Å². The number of nitrogens with zero attached hydrogens (tertiary/aromatic N) is 2. The van der Waals surface area contributed by atoms with Crippen molar-refractivity contribution in [3.05, 3.63) is 29.6 Å². The minimum atomic E-state index is 0.0856. The third-order valence-corrected chi connectivity index (χ3v) is 4.02. The molecule has 0 aliphatic carbocycles. The molecule has 1 N–H and O–H groups in total. The molecular weight excluding hydrogens is 226 g/mol. The van der Waals surface area contributed by atoms with Crippen LogP contribution in [-0.4, -0.2) is 41.0 Å². The number of likely N-dealkylation sites (tertiary alicyclic amines) is 1. The molecule has 2 bridgehead atoms. The predicted octanol–water partition coefficient (Wildman–Crippen LogP) is 1.36. The van der Waals surface area contributed by atoms with Crippen LogP contribution in [0.2, 0.25) is 0 Å².